The second kappa shape index (κ2) is 9.39. The van der Waals surface area contributed by atoms with Crippen molar-refractivity contribution in [2.75, 3.05) is 12.4 Å². The van der Waals surface area contributed by atoms with Gasteiger partial charge in [-0.15, -0.1) is 0 Å². The SMILES string of the molecule is CC[C@H](C)c1ccccc1NC(=O)[C@@H](C)N[C@H](C)c1ccccc1OC. The summed E-state index contributed by atoms with van der Waals surface area (Å²) in [6.45, 7) is 8.25. The number of hydrogen-bond acceptors (Lipinski definition) is 3. The first-order valence-corrected chi connectivity index (χ1v) is 9.26. The maximum absolute atomic E-state index is 12.7. The number of anilines is 1. The minimum atomic E-state index is -0.333. The number of carbonyl (C=O) groups excluding carboxylic acids is 1. The van der Waals surface area contributed by atoms with E-state index in [1.54, 1.807) is 7.11 Å². The van der Waals surface area contributed by atoms with E-state index >= 15 is 0 Å². The molecular formula is C22H30N2O2. The van der Waals surface area contributed by atoms with Crippen molar-refractivity contribution < 1.29 is 9.53 Å². The predicted octanol–water partition coefficient (Wildman–Crippen LogP) is 4.89. The molecule has 4 nitrogen and oxygen atoms in total. The van der Waals surface area contributed by atoms with Crippen molar-refractivity contribution in [3.63, 3.8) is 0 Å². The fraction of sp³-hybridized carbons (Fsp3) is 0.409. The van der Waals surface area contributed by atoms with Gasteiger partial charge in [0.25, 0.3) is 0 Å². The van der Waals surface area contributed by atoms with Crippen molar-refractivity contribution in [3.8, 4) is 5.75 Å². The summed E-state index contributed by atoms with van der Waals surface area (Å²) in [5.41, 5.74) is 3.11. The molecule has 2 aromatic rings. The smallest absolute Gasteiger partial charge is 0.241 e. The molecule has 2 aromatic carbocycles. The number of ether oxygens (including phenoxy) is 1. The summed E-state index contributed by atoms with van der Waals surface area (Å²) in [4.78, 5) is 12.7. The minimum absolute atomic E-state index is 0.00305. The van der Waals surface area contributed by atoms with Crippen LogP contribution >= 0.6 is 0 Å². The summed E-state index contributed by atoms with van der Waals surface area (Å²) in [6, 6.07) is 15.5. The van der Waals surface area contributed by atoms with Gasteiger partial charge >= 0.3 is 0 Å². The molecule has 0 aliphatic rings. The Labute approximate surface area is 157 Å². The van der Waals surface area contributed by atoms with Crippen molar-refractivity contribution in [3.05, 3.63) is 59.7 Å². The number of rotatable bonds is 8. The highest BCUT2D eigenvalue weighted by molar-refractivity contribution is 5.95. The lowest BCUT2D eigenvalue weighted by atomic mass is 9.97. The van der Waals surface area contributed by atoms with Gasteiger partial charge in [0.15, 0.2) is 0 Å². The van der Waals surface area contributed by atoms with Gasteiger partial charge in [0.2, 0.25) is 5.91 Å². The highest BCUT2D eigenvalue weighted by Crippen LogP contribution is 2.27. The molecule has 0 radical (unpaired) electrons. The summed E-state index contributed by atoms with van der Waals surface area (Å²) in [5.74, 6) is 1.19. The standard InChI is InChI=1S/C22H30N2O2/c1-6-15(2)18-11-7-9-13-20(18)24-22(25)17(4)23-16(3)19-12-8-10-14-21(19)26-5/h7-17,23H,6H2,1-5H3,(H,24,25)/t15-,16+,17+/m0/s1. The van der Waals surface area contributed by atoms with Gasteiger partial charge in [-0.3, -0.25) is 10.1 Å². The maximum atomic E-state index is 12.7. The highest BCUT2D eigenvalue weighted by atomic mass is 16.5. The van der Waals surface area contributed by atoms with Crippen LogP contribution in [0.25, 0.3) is 0 Å². The molecular weight excluding hydrogens is 324 g/mol. The van der Waals surface area contributed by atoms with Gasteiger partial charge in [-0.1, -0.05) is 50.2 Å². The first-order valence-electron chi connectivity index (χ1n) is 9.26. The Morgan fingerprint density at radius 1 is 1.00 bits per heavy atom. The van der Waals surface area contributed by atoms with Crippen LogP contribution in [-0.4, -0.2) is 19.1 Å². The molecule has 0 saturated heterocycles. The monoisotopic (exact) mass is 354 g/mol. The normalized spacial score (nSPS) is 14.3. The van der Waals surface area contributed by atoms with Crippen LogP contribution in [-0.2, 0) is 4.79 Å². The molecule has 0 bridgehead atoms. The van der Waals surface area contributed by atoms with E-state index in [1.165, 1.54) is 5.56 Å². The fourth-order valence-electron chi connectivity index (χ4n) is 3.07. The van der Waals surface area contributed by atoms with Crippen molar-refractivity contribution in [2.45, 2.75) is 52.1 Å². The van der Waals surface area contributed by atoms with Crippen molar-refractivity contribution in [2.24, 2.45) is 0 Å². The summed E-state index contributed by atoms with van der Waals surface area (Å²) in [5, 5.41) is 6.44. The number of hydrogen-bond donors (Lipinski definition) is 2. The van der Waals surface area contributed by atoms with Gasteiger partial charge < -0.3 is 10.1 Å². The van der Waals surface area contributed by atoms with Crippen LogP contribution in [0.3, 0.4) is 0 Å². The molecule has 0 aliphatic heterocycles. The Bertz CT molecular complexity index is 730. The molecule has 0 spiro atoms. The topological polar surface area (TPSA) is 50.4 Å². The molecule has 0 heterocycles. The summed E-state index contributed by atoms with van der Waals surface area (Å²) in [7, 11) is 1.66. The zero-order valence-electron chi connectivity index (χ0n) is 16.4. The number of para-hydroxylation sites is 2. The summed E-state index contributed by atoms with van der Waals surface area (Å²) in [6.07, 6.45) is 1.03. The fourth-order valence-corrected chi connectivity index (χ4v) is 3.07. The molecule has 0 fully saturated rings. The van der Waals surface area contributed by atoms with Gasteiger partial charge in [-0.2, -0.15) is 0 Å². The molecule has 140 valence electrons. The van der Waals surface area contributed by atoms with E-state index in [0.29, 0.717) is 5.92 Å². The molecule has 2 rings (SSSR count). The third-order valence-corrected chi connectivity index (χ3v) is 4.86. The quantitative estimate of drug-likeness (QED) is 0.710. The van der Waals surface area contributed by atoms with Crippen molar-refractivity contribution in [1.29, 1.82) is 0 Å². The molecule has 0 aromatic heterocycles. The lowest BCUT2D eigenvalue weighted by molar-refractivity contribution is -0.117. The lowest BCUT2D eigenvalue weighted by Gasteiger charge is -2.22. The predicted molar refractivity (Wildman–Crippen MR) is 108 cm³/mol. The zero-order valence-corrected chi connectivity index (χ0v) is 16.4. The van der Waals surface area contributed by atoms with Crippen molar-refractivity contribution >= 4 is 11.6 Å². The number of amides is 1. The summed E-state index contributed by atoms with van der Waals surface area (Å²) < 4.78 is 5.42. The highest BCUT2D eigenvalue weighted by Gasteiger charge is 2.19. The molecule has 4 heteroatoms. The van der Waals surface area contributed by atoms with Crippen LogP contribution in [0.4, 0.5) is 5.69 Å². The van der Waals surface area contributed by atoms with Gasteiger partial charge in [0.05, 0.1) is 13.2 Å². The van der Waals surface area contributed by atoms with Gasteiger partial charge in [-0.05, 0) is 43.9 Å². The molecule has 3 atom stereocenters. The van der Waals surface area contributed by atoms with Crippen molar-refractivity contribution in [1.82, 2.24) is 5.32 Å². The minimum Gasteiger partial charge on any atom is -0.496 e. The van der Waals surface area contributed by atoms with Gasteiger partial charge in [0.1, 0.15) is 5.75 Å². The first kappa shape index (κ1) is 20.0. The zero-order chi connectivity index (χ0) is 19.1. The Kier molecular flexibility index (Phi) is 7.22. The Morgan fingerprint density at radius 3 is 2.27 bits per heavy atom. The van der Waals surface area contributed by atoms with Crippen LogP contribution in [0.5, 0.6) is 5.75 Å². The van der Waals surface area contributed by atoms with E-state index < -0.39 is 0 Å². The van der Waals surface area contributed by atoms with E-state index in [1.807, 2.05) is 56.3 Å². The van der Waals surface area contributed by atoms with Crippen LogP contribution in [0.2, 0.25) is 0 Å². The third-order valence-electron chi connectivity index (χ3n) is 4.86. The molecule has 1 amide bonds. The average molecular weight is 354 g/mol. The average Bonchev–Trinajstić information content (AvgIpc) is 2.67. The summed E-state index contributed by atoms with van der Waals surface area (Å²) >= 11 is 0. The molecule has 2 N–H and O–H groups in total. The maximum Gasteiger partial charge on any atom is 0.241 e. The van der Waals surface area contributed by atoms with Gasteiger partial charge in [-0.25, -0.2) is 0 Å². The van der Waals surface area contributed by atoms with E-state index in [4.69, 9.17) is 4.74 Å². The van der Waals surface area contributed by atoms with E-state index in [2.05, 4.69) is 30.5 Å². The lowest BCUT2D eigenvalue weighted by Crippen LogP contribution is -2.39. The molecule has 0 unspecified atom stereocenters. The molecule has 0 aliphatic carbocycles. The first-order chi connectivity index (χ1) is 12.5. The number of methoxy groups -OCH3 is 1. The number of benzene rings is 2. The Morgan fingerprint density at radius 2 is 1.62 bits per heavy atom. The largest absolute Gasteiger partial charge is 0.496 e. The van der Waals surface area contributed by atoms with Crippen LogP contribution in [0.1, 0.15) is 57.2 Å². The second-order valence-corrected chi connectivity index (χ2v) is 6.74. The third kappa shape index (κ3) is 4.85. The van der Waals surface area contributed by atoms with Crippen LogP contribution in [0.15, 0.2) is 48.5 Å². The second-order valence-electron chi connectivity index (χ2n) is 6.74. The molecule has 26 heavy (non-hydrogen) atoms. The number of carbonyl (C=O) groups is 1. The van der Waals surface area contributed by atoms with E-state index in [-0.39, 0.29) is 18.0 Å². The number of nitrogens with one attached hydrogen (secondary N) is 2. The Hall–Kier alpha value is -2.33. The van der Waals surface area contributed by atoms with E-state index in [9.17, 15) is 4.79 Å². The van der Waals surface area contributed by atoms with Crippen LogP contribution < -0.4 is 15.4 Å². The molecule has 0 saturated carbocycles. The van der Waals surface area contributed by atoms with Crippen LogP contribution in [0, 0.1) is 0 Å². The Balaban J connectivity index is 2.06. The van der Waals surface area contributed by atoms with E-state index in [0.717, 1.165) is 23.4 Å². The van der Waals surface area contributed by atoms with Gasteiger partial charge in [0, 0.05) is 17.3 Å².